The van der Waals surface area contributed by atoms with Gasteiger partial charge in [-0.15, -0.1) is 11.6 Å². The Morgan fingerprint density at radius 3 is 2.74 bits per heavy atom. The standard InChI is InChI=1S/C11H19ClN6O4S/c1-16(2)22-23(19,20)18-5-4-17(6-9(18)12)11-14-8-13-10(15-11)7-21-3/h8-9H,4-7H2,1-3H3. The lowest BCUT2D eigenvalue weighted by molar-refractivity contribution is -0.00563. The molecule has 1 aliphatic rings. The maximum absolute atomic E-state index is 12.1. The highest BCUT2D eigenvalue weighted by Crippen LogP contribution is 2.21. The largest absolute Gasteiger partial charge is 0.377 e. The normalized spacial score (nSPS) is 20.2. The first-order chi connectivity index (χ1) is 10.8. The summed E-state index contributed by atoms with van der Waals surface area (Å²) in [5, 5.41) is 1.11. The van der Waals surface area contributed by atoms with E-state index in [0.717, 1.165) is 9.37 Å². The monoisotopic (exact) mass is 366 g/mol. The second kappa shape index (κ2) is 7.64. The third-order valence-corrected chi connectivity index (χ3v) is 4.96. The Labute approximate surface area is 140 Å². The Morgan fingerprint density at radius 2 is 2.13 bits per heavy atom. The zero-order chi connectivity index (χ0) is 17.0. The number of nitrogens with zero attached hydrogens (tertiary/aromatic N) is 6. The number of piperazine rings is 1. The molecule has 12 heteroatoms. The molecule has 23 heavy (non-hydrogen) atoms. The number of anilines is 1. The van der Waals surface area contributed by atoms with E-state index in [1.807, 2.05) is 0 Å². The summed E-state index contributed by atoms with van der Waals surface area (Å²) in [7, 11) is 0.592. The molecule has 0 spiro atoms. The summed E-state index contributed by atoms with van der Waals surface area (Å²) in [5.74, 6) is 0.929. The molecule has 1 aromatic rings. The third kappa shape index (κ3) is 4.68. The molecule has 0 aromatic carbocycles. The van der Waals surface area contributed by atoms with Crippen LogP contribution in [0.25, 0.3) is 0 Å². The van der Waals surface area contributed by atoms with Crippen LogP contribution >= 0.6 is 11.6 Å². The Kier molecular flexibility index (Phi) is 6.06. The molecule has 2 heterocycles. The fourth-order valence-electron chi connectivity index (χ4n) is 2.06. The van der Waals surface area contributed by atoms with Crippen molar-refractivity contribution >= 4 is 27.9 Å². The Hall–Kier alpha value is -1.11. The number of halogens is 1. The van der Waals surface area contributed by atoms with Gasteiger partial charge in [-0.25, -0.2) is 9.97 Å². The van der Waals surface area contributed by atoms with E-state index in [1.165, 1.54) is 20.4 Å². The van der Waals surface area contributed by atoms with Crippen molar-refractivity contribution in [1.29, 1.82) is 0 Å². The van der Waals surface area contributed by atoms with E-state index in [1.54, 1.807) is 12.0 Å². The number of ether oxygens (including phenoxy) is 1. The molecular formula is C11H19ClN6O4S. The number of hydrogen-bond donors (Lipinski definition) is 0. The van der Waals surface area contributed by atoms with Gasteiger partial charge in [0.25, 0.3) is 0 Å². The predicted octanol–water partition coefficient (Wildman–Crippen LogP) is -0.557. The highest BCUT2D eigenvalue weighted by atomic mass is 35.5. The van der Waals surface area contributed by atoms with Gasteiger partial charge < -0.3 is 9.64 Å². The molecular weight excluding hydrogens is 348 g/mol. The predicted molar refractivity (Wildman–Crippen MR) is 82.8 cm³/mol. The van der Waals surface area contributed by atoms with Crippen molar-refractivity contribution in [3.8, 4) is 0 Å². The lowest BCUT2D eigenvalue weighted by atomic mass is 10.4. The number of rotatable bonds is 6. The molecule has 0 bridgehead atoms. The van der Waals surface area contributed by atoms with Crippen LogP contribution in [0.5, 0.6) is 0 Å². The van der Waals surface area contributed by atoms with Crippen LogP contribution in [0.15, 0.2) is 6.33 Å². The second-order valence-electron chi connectivity index (χ2n) is 4.97. The average Bonchev–Trinajstić information content (AvgIpc) is 2.46. The van der Waals surface area contributed by atoms with E-state index in [4.69, 9.17) is 20.6 Å². The second-order valence-corrected chi connectivity index (χ2v) is 6.95. The zero-order valence-electron chi connectivity index (χ0n) is 13.1. The first-order valence-corrected chi connectivity index (χ1v) is 8.58. The van der Waals surface area contributed by atoms with Crippen LogP contribution in [0, 0.1) is 0 Å². The van der Waals surface area contributed by atoms with Crippen molar-refractivity contribution in [1.82, 2.24) is 24.3 Å². The fourth-order valence-corrected chi connectivity index (χ4v) is 3.73. The quantitative estimate of drug-likeness (QED) is 0.372. The Bertz CT molecular complexity index is 631. The third-order valence-electron chi connectivity index (χ3n) is 2.97. The molecule has 1 atom stereocenters. The van der Waals surface area contributed by atoms with Crippen LogP contribution in [0.4, 0.5) is 5.95 Å². The van der Waals surface area contributed by atoms with Crippen molar-refractivity contribution < 1.29 is 17.4 Å². The molecule has 1 fully saturated rings. The summed E-state index contributed by atoms with van der Waals surface area (Å²) in [4.78, 5) is 14.1. The van der Waals surface area contributed by atoms with Crippen LogP contribution in [-0.4, -0.2) is 79.1 Å². The van der Waals surface area contributed by atoms with Gasteiger partial charge in [-0.05, 0) is 0 Å². The van der Waals surface area contributed by atoms with Gasteiger partial charge in [0, 0.05) is 34.3 Å². The minimum Gasteiger partial charge on any atom is -0.377 e. The number of alkyl halides is 1. The molecule has 1 aromatic heterocycles. The van der Waals surface area contributed by atoms with Gasteiger partial charge in [-0.1, -0.05) is 0 Å². The molecule has 130 valence electrons. The molecule has 1 unspecified atom stereocenters. The van der Waals surface area contributed by atoms with E-state index in [9.17, 15) is 8.42 Å². The van der Waals surface area contributed by atoms with Gasteiger partial charge in [0.05, 0.1) is 6.54 Å². The molecule has 1 aliphatic heterocycles. The Morgan fingerprint density at radius 1 is 1.39 bits per heavy atom. The molecule has 0 N–H and O–H groups in total. The lowest BCUT2D eigenvalue weighted by Crippen LogP contribution is -2.54. The van der Waals surface area contributed by atoms with Gasteiger partial charge in [-0.3, -0.25) is 0 Å². The smallest absolute Gasteiger partial charge is 0.356 e. The number of hydroxylamine groups is 2. The molecule has 2 rings (SSSR count). The highest BCUT2D eigenvalue weighted by molar-refractivity contribution is 7.84. The van der Waals surface area contributed by atoms with Crippen molar-refractivity contribution in [2.45, 2.75) is 12.1 Å². The fraction of sp³-hybridized carbons (Fsp3) is 0.727. The van der Waals surface area contributed by atoms with E-state index in [-0.39, 0.29) is 19.7 Å². The summed E-state index contributed by atoms with van der Waals surface area (Å²) in [5.41, 5.74) is -0.795. The molecule has 0 amide bonds. The van der Waals surface area contributed by atoms with Crippen LogP contribution in [0.1, 0.15) is 5.82 Å². The van der Waals surface area contributed by atoms with Crippen molar-refractivity contribution in [3.63, 3.8) is 0 Å². The summed E-state index contributed by atoms with van der Waals surface area (Å²) >= 11 is 6.21. The molecule has 0 saturated carbocycles. The number of methoxy groups -OCH3 is 1. The summed E-state index contributed by atoms with van der Waals surface area (Å²) < 4.78 is 35.1. The van der Waals surface area contributed by atoms with Gasteiger partial charge in [0.2, 0.25) is 5.95 Å². The van der Waals surface area contributed by atoms with Crippen molar-refractivity contribution in [2.24, 2.45) is 0 Å². The van der Waals surface area contributed by atoms with Crippen LogP contribution in [0.3, 0.4) is 0 Å². The maximum atomic E-state index is 12.1. The molecule has 10 nitrogen and oxygen atoms in total. The van der Waals surface area contributed by atoms with Gasteiger partial charge in [0.15, 0.2) is 5.82 Å². The summed E-state index contributed by atoms with van der Waals surface area (Å²) in [6.45, 7) is 1.05. The number of hydrogen-bond acceptors (Lipinski definition) is 9. The van der Waals surface area contributed by atoms with E-state index in [0.29, 0.717) is 18.3 Å². The van der Waals surface area contributed by atoms with Crippen LogP contribution in [0.2, 0.25) is 0 Å². The lowest BCUT2D eigenvalue weighted by Gasteiger charge is -2.37. The molecule has 1 saturated heterocycles. The highest BCUT2D eigenvalue weighted by Gasteiger charge is 2.36. The molecule has 0 radical (unpaired) electrons. The van der Waals surface area contributed by atoms with Crippen LogP contribution < -0.4 is 4.90 Å². The van der Waals surface area contributed by atoms with Gasteiger partial charge in [-0.2, -0.15) is 27.1 Å². The van der Waals surface area contributed by atoms with Crippen molar-refractivity contribution in [3.05, 3.63) is 12.2 Å². The number of aromatic nitrogens is 3. The van der Waals surface area contributed by atoms with E-state index in [2.05, 4.69) is 15.0 Å². The van der Waals surface area contributed by atoms with Crippen molar-refractivity contribution in [2.75, 3.05) is 45.7 Å². The first kappa shape index (κ1) is 18.2. The van der Waals surface area contributed by atoms with Crippen LogP contribution in [-0.2, 0) is 25.9 Å². The minimum absolute atomic E-state index is 0.162. The average molecular weight is 367 g/mol. The first-order valence-electron chi connectivity index (χ1n) is 6.78. The van der Waals surface area contributed by atoms with E-state index < -0.39 is 15.8 Å². The van der Waals surface area contributed by atoms with Gasteiger partial charge >= 0.3 is 10.3 Å². The topological polar surface area (TPSA) is 101 Å². The van der Waals surface area contributed by atoms with E-state index >= 15 is 0 Å². The summed E-state index contributed by atoms with van der Waals surface area (Å²) in [6, 6.07) is 0. The summed E-state index contributed by atoms with van der Waals surface area (Å²) in [6.07, 6.45) is 1.39. The molecule has 0 aliphatic carbocycles. The zero-order valence-corrected chi connectivity index (χ0v) is 14.7. The minimum atomic E-state index is -3.93. The SMILES string of the molecule is COCc1ncnc(N2CCN(S(=O)(=O)ON(C)C)C(Cl)C2)n1. The maximum Gasteiger partial charge on any atom is 0.356 e. The Balaban J connectivity index is 2.08. The van der Waals surface area contributed by atoms with Gasteiger partial charge in [0.1, 0.15) is 18.4 Å².